The summed E-state index contributed by atoms with van der Waals surface area (Å²) in [7, 11) is 0. The molecule has 102 valence electrons. The number of rotatable bonds is 3. The van der Waals surface area contributed by atoms with Crippen molar-refractivity contribution in [3.05, 3.63) is 34.9 Å². The molecule has 0 amide bonds. The zero-order valence-corrected chi connectivity index (χ0v) is 12.1. The molecule has 0 saturated carbocycles. The van der Waals surface area contributed by atoms with Crippen molar-refractivity contribution in [2.75, 3.05) is 26.2 Å². The van der Waals surface area contributed by atoms with Crippen LogP contribution in [0.2, 0.25) is 5.02 Å². The molecule has 0 aliphatic carbocycles. The third-order valence-electron chi connectivity index (χ3n) is 3.33. The first-order chi connectivity index (χ1) is 8.20. The van der Waals surface area contributed by atoms with E-state index in [1.165, 1.54) is 5.56 Å². The second-order valence-corrected chi connectivity index (χ2v) is 4.89. The molecule has 5 heteroatoms. The Morgan fingerprint density at radius 3 is 2.72 bits per heavy atom. The van der Waals surface area contributed by atoms with Crippen LogP contribution in [0.4, 0.5) is 0 Å². The Labute approximate surface area is 120 Å². The van der Waals surface area contributed by atoms with Gasteiger partial charge in [0.15, 0.2) is 0 Å². The second kappa shape index (κ2) is 7.31. The fourth-order valence-electron chi connectivity index (χ4n) is 2.19. The van der Waals surface area contributed by atoms with Gasteiger partial charge in [0.05, 0.1) is 12.7 Å². The summed E-state index contributed by atoms with van der Waals surface area (Å²) < 4.78 is 5.57. The fourth-order valence-corrected chi connectivity index (χ4v) is 2.31. The van der Waals surface area contributed by atoms with Gasteiger partial charge in [0, 0.05) is 30.7 Å². The van der Waals surface area contributed by atoms with E-state index in [2.05, 4.69) is 24.0 Å². The SMILES string of the molecule is CC(c1ccc(Cl)cc1)N1CCOC(CN)C1.Cl. The van der Waals surface area contributed by atoms with Crippen LogP contribution in [-0.4, -0.2) is 37.2 Å². The smallest absolute Gasteiger partial charge is 0.0824 e. The minimum atomic E-state index is 0. The van der Waals surface area contributed by atoms with Crippen molar-refractivity contribution >= 4 is 24.0 Å². The number of hydrogen-bond acceptors (Lipinski definition) is 3. The Morgan fingerprint density at radius 2 is 2.11 bits per heavy atom. The van der Waals surface area contributed by atoms with Crippen molar-refractivity contribution < 1.29 is 4.74 Å². The van der Waals surface area contributed by atoms with Gasteiger partial charge < -0.3 is 10.5 Å². The lowest BCUT2D eigenvalue weighted by Gasteiger charge is -2.36. The highest BCUT2D eigenvalue weighted by atomic mass is 35.5. The molecule has 1 fully saturated rings. The van der Waals surface area contributed by atoms with Crippen molar-refractivity contribution in [1.82, 2.24) is 4.90 Å². The third kappa shape index (κ3) is 3.84. The molecule has 18 heavy (non-hydrogen) atoms. The number of ether oxygens (including phenoxy) is 1. The van der Waals surface area contributed by atoms with Crippen molar-refractivity contribution in [3.63, 3.8) is 0 Å². The van der Waals surface area contributed by atoms with Crippen LogP contribution in [0.5, 0.6) is 0 Å². The number of nitrogens with zero attached hydrogens (tertiary/aromatic N) is 1. The lowest BCUT2D eigenvalue weighted by molar-refractivity contribution is -0.0364. The van der Waals surface area contributed by atoms with Crippen molar-refractivity contribution in [3.8, 4) is 0 Å². The lowest BCUT2D eigenvalue weighted by Crippen LogP contribution is -2.46. The molecule has 0 spiro atoms. The first-order valence-electron chi connectivity index (χ1n) is 6.02. The van der Waals surface area contributed by atoms with Crippen LogP contribution in [0.3, 0.4) is 0 Å². The van der Waals surface area contributed by atoms with Gasteiger partial charge in [-0.2, -0.15) is 0 Å². The highest BCUT2D eigenvalue weighted by Crippen LogP contribution is 2.23. The van der Waals surface area contributed by atoms with E-state index in [0.29, 0.717) is 12.6 Å². The number of benzene rings is 1. The van der Waals surface area contributed by atoms with E-state index in [1.54, 1.807) is 0 Å². The summed E-state index contributed by atoms with van der Waals surface area (Å²) in [4.78, 5) is 2.41. The molecular formula is C13H20Cl2N2O. The lowest BCUT2D eigenvalue weighted by atomic mass is 10.1. The van der Waals surface area contributed by atoms with Crippen LogP contribution >= 0.6 is 24.0 Å². The maximum Gasteiger partial charge on any atom is 0.0824 e. The van der Waals surface area contributed by atoms with Gasteiger partial charge in [0.2, 0.25) is 0 Å². The molecule has 3 nitrogen and oxygen atoms in total. The van der Waals surface area contributed by atoms with Crippen LogP contribution in [0.1, 0.15) is 18.5 Å². The van der Waals surface area contributed by atoms with E-state index < -0.39 is 0 Å². The van der Waals surface area contributed by atoms with Crippen LogP contribution in [-0.2, 0) is 4.74 Å². The number of nitrogens with two attached hydrogens (primary N) is 1. The van der Waals surface area contributed by atoms with E-state index in [9.17, 15) is 0 Å². The van der Waals surface area contributed by atoms with E-state index in [1.807, 2.05) is 12.1 Å². The Morgan fingerprint density at radius 1 is 1.44 bits per heavy atom. The van der Waals surface area contributed by atoms with Gasteiger partial charge >= 0.3 is 0 Å². The number of halogens is 2. The summed E-state index contributed by atoms with van der Waals surface area (Å²) in [5.41, 5.74) is 6.94. The maximum absolute atomic E-state index is 5.90. The summed E-state index contributed by atoms with van der Waals surface area (Å²) >= 11 is 5.90. The van der Waals surface area contributed by atoms with Crippen molar-refractivity contribution in [2.24, 2.45) is 5.73 Å². The summed E-state index contributed by atoms with van der Waals surface area (Å²) in [6.45, 7) is 5.42. The first kappa shape index (κ1) is 15.7. The predicted molar refractivity (Wildman–Crippen MR) is 77.5 cm³/mol. The minimum Gasteiger partial charge on any atom is -0.374 e. The second-order valence-electron chi connectivity index (χ2n) is 4.45. The summed E-state index contributed by atoms with van der Waals surface area (Å²) in [5.74, 6) is 0. The monoisotopic (exact) mass is 290 g/mol. The largest absolute Gasteiger partial charge is 0.374 e. The van der Waals surface area contributed by atoms with Gasteiger partial charge in [0.1, 0.15) is 0 Å². The molecule has 1 saturated heterocycles. The molecule has 1 heterocycles. The molecule has 1 aliphatic rings. The quantitative estimate of drug-likeness (QED) is 0.930. The molecule has 1 aliphatic heterocycles. The van der Waals surface area contributed by atoms with Gasteiger partial charge in [0.25, 0.3) is 0 Å². The Hall–Kier alpha value is -0.320. The summed E-state index contributed by atoms with van der Waals surface area (Å²) in [6, 6.07) is 8.42. The minimum absolute atomic E-state index is 0. The van der Waals surface area contributed by atoms with Gasteiger partial charge in [-0.3, -0.25) is 4.90 Å². The van der Waals surface area contributed by atoms with Gasteiger partial charge in [-0.05, 0) is 24.6 Å². The van der Waals surface area contributed by atoms with Gasteiger partial charge in [-0.15, -0.1) is 12.4 Å². The highest BCUT2D eigenvalue weighted by Gasteiger charge is 2.23. The molecule has 0 bridgehead atoms. The normalized spacial score (nSPS) is 22.3. The van der Waals surface area contributed by atoms with E-state index >= 15 is 0 Å². The molecule has 1 aromatic rings. The predicted octanol–water partition coefficient (Wildman–Crippen LogP) is 2.48. The molecule has 2 rings (SSSR count). The molecular weight excluding hydrogens is 271 g/mol. The highest BCUT2D eigenvalue weighted by molar-refractivity contribution is 6.30. The molecule has 2 N–H and O–H groups in total. The molecule has 0 radical (unpaired) electrons. The van der Waals surface area contributed by atoms with Crippen molar-refractivity contribution in [2.45, 2.75) is 19.1 Å². The van der Waals surface area contributed by atoms with E-state index in [-0.39, 0.29) is 18.5 Å². The van der Waals surface area contributed by atoms with E-state index in [4.69, 9.17) is 22.1 Å². The Bertz CT molecular complexity index is 359. The van der Waals surface area contributed by atoms with Gasteiger partial charge in [-0.1, -0.05) is 23.7 Å². The summed E-state index contributed by atoms with van der Waals surface area (Å²) in [6.07, 6.45) is 0.165. The zero-order valence-electron chi connectivity index (χ0n) is 10.5. The average molecular weight is 291 g/mol. The Kier molecular flexibility index (Phi) is 6.39. The topological polar surface area (TPSA) is 38.5 Å². The van der Waals surface area contributed by atoms with Crippen LogP contribution in [0.15, 0.2) is 24.3 Å². The average Bonchev–Trinajstić information content (AvgIpc) is 2.39. The summed E-state index contributed by atoms with van der Waals surface area (Å²) in [5, 5.41) is 0.780. The van der Waals surface area contributed by atoms with Crippen LogP contribution < -0.4 is 5.73 Å². The maximum atomic E-state index is 5.90. The standard InChI is InChI=1S/C13H19ClN2O.ClH/c1-10(11-2-4-12(14)5-3-11)16-6-7-17-13(8-15)9-16;/h2-5,10,13H,6-9,15H2,1H3;1H. The number of morpholine rings is 1. The first-order valence-corrected chi connectivity index (χ1v) is 6.39. The Balaban J connectivity index is 0.00000162. The van der Waals surface area contributed by atoms with Gasteiger partial charge in [-0.25, -0.2) is 0 Å². The molecule has 0 aromatic heterocycles. The zero-order chi connectivity index (χ0) is 12.3. The molecule has 2 atom stereocenters. The van der Waals surface area contributed by atoms with Crippen LogP contribution in [0.25, 0.3) is 0 Å². The van der Waals surface area contributed by atoms with Crippen molar-refractivity contribution in [1.29, 1.82) is 0 Å². The molecule has 2 unspecified atom stereocenters. The van der Waals surface area contributed by atoms with Crippen LogP contribution in [0, 0.1) is 0 Å². The molecule has 1 aromatic carbocycles. The van der Waals surface area contributed by atoms with E-state index in [0.717, 1.165) is 24.7 Å². The fraction of sp³-hybridized carbons (Fsp3) is 0.538. The number of hydrogen-bond donors (Lipinski definition) is 1. The third-order valence-corrected chi connectivity index (χ3v) is 3.59.